The van der Waals surface area contributed by atoms with Crippen molar-refractivity contribution in [1.29, 1.82) is 0 Å². The van der Waals surface area contributed by atoms with Gasteiger partial charge in [0, 0.05) is 11.8 Å². The van der Waals surface area contributed by atoms with Crippen molar-refractivity contribution in [2.45, 2.75) is 44.6 Å². The van der Waals surface area contributed by atoms with Crippen molar-refractivity contribution in [1.82, 2.24) is 10.2 Å². The Hall–Kier alpha value is -2.77. The zero-order valence-electron chi connectivity index (χ0n) is 15.7. The van der Waals surface area contributed by atoms with Crippen LogP contribution in [-0.4, -0.2) is 48.5 Å². The van der Waals surface area contributed by atoms with Gasteiger partial charge >= 0.3 is 6.03 Å². The van der Waals surface area contributed by atoms with Crippen molar-refractivity contribution in [3.05, 3.63) is 18.2 Å². The van der Waals surface area contributed by atoms with Crippen molar-refractivity contribution >= 4 is 23.5 Å². The molecule has 8 nitrogen and oxygen atoms in total. The monoisotopic (exact) mass is 375 g/mol. The number of hydrogen-bond donors (Lipinski definition) is 2. The third-order valence-corrected chi connectivity index (χ3v) is 5.13. The van der Waals surface area contributed by atoms with Gasteiger partial charge in [-0.05, 0) is 31.9 Å². The van der Waals surface area contributed by atoms with Crippen LogP contribution in [-0.2, 0) is 9.59 Å². The molecule has 1 aromatic rings. The van der Waals surface area contributed by atoms with E-state index in [0.717, 1.165) is 19.3 Å². The Morgan fingerprint density at radius 1 is 1.22 bits per heavy atom. The van der Waals surface area contributed by atoms with E-state index in [2.05, 4.69) is 10.6 Å². The molecule has 1 spiro atoms. The maximum absolute atomic E-state index is 13.0. The number of carbonyl (C=O) groups is 3. The Kier molecular flexibility index (Phi) is 5.53. The number of anilines is 1. The smallest absolute Gasteiger partial charge is 0.323 e. The quantitative estimate of drug-likeness (QED) is 0.787. The fourth-order valence-electron chi connectivity index (χ4n) is 3.81. The summed E-state index contributed by atoms with van der Waals surface area (Å²) >= 11 is 0. The maximum Gasteiger partial charge on any atom is 0.323 e. The topological polar surface area (TPSA) is 97.0 Å². The summed E-state index contributed by atoms with van der Waals surface area (Å²) in [6.07, 6.45) is 3.85. The molecule has 2 fully saturated rings. The lowest BCUT2D eigenvalue weighted by molar-refractivity contribution is -0.146. The van der Waals surface area contributed by atoms with Crippen LogP contribution < -0.4 is 20.1 Å². The van der Waals surface area contributed by atoms with E-state index in [1.165, 1.54) is 4.90 Å². The highest BCUT2D eigenvalue weighted by Gasteiger charge is 2.51. The van der Waals surface area contributed by atoms with E-state index in [4.69, 9.17) is 9.47 Å². The molecule has 2 N–H and O–H groups in total. The van der Waals surface area contributed by atoms with E-state index in [0.29, 0.717) is 36.6 Å². The Balaban J connectivity index is 1.84. The SMILES string of the molecule is CCOc1cc(NC(=O)N2CC(=O)NC(=O)C23CCCCC3)ccc1OC. The molecule has 1 saturated carbocycles. The number of rotatable bonds is 4. The molecule has 3 rings (SSSR count). The van der Waals surface area contributed by atoms with Gasteiger partial charge in [-0.3, -0.25) is 14.9 Å². The number of methoxy groups -OCH3 is 1. The number of carbonyl (C=O) groups excluding carboxylic acids is 3. The van der Waals surface area contributed by atoms with Gasteiger partial charge in [-0.2, -0.15) is 0 Å². The van der Waals surface area contributed by atoms with Crippen LogP contribution in [0.1, 0.15) is 39.0 Å². The van der Waals surface area contributed by atoms with Crippen molar-refractivity contribution in [2.75, 3.05) is 25.6 Å². The third-order valence-electron chi connectivity index (χ3n) is 5.13. The third kappa shape index (κ3) is 3.70. The maximum atomic E-state index is 13.0. The number of benzene rings is 1. The van der Waals surface area contributed by atoms with Crippen molar-refractivity contribution in [3.63, 3.8) is 0 Å². The van der Waals surface area contributed by atoms with Gasteiger partial charge in [-0.15, -0.1) is 0 Å². The Morgan fingerprint density at radius 3 is 2.63 bits per heavy atom. The molecule has 0 atom stereocenters. The van der Waals surface area contributed by atoms with Gasteiger partial charge in [0.2, 0.25) is 5.91 Å². The van der Waals surface area contributed by atoms with Crippen LogP contribution >= 0.6 is 0 Å². The minimum absolute atomic E-state index is 0.133. The molecule has 1 aliphatic carbocycles. The molecule has 146 valence electrons. The predicted molar refractivity (Wildman–Crippen MR) is 98.9 cm³/mol. The Morgan fingerprint density at radius 2 is 1.96 bits per heavy atom. The van der Waals surface area contributed by atoms with E-state index >= 15 is 0 Å². The molecule has 1 heterocycles. The molecule has 8 heteroatoms. The molecular weight excluding hydrogens is 350 g/mol. The summed E-state index contributed by atoms with van der Waals surface area (Å²) in [5, 5.41) is 5.19. The summed E-state index contributed by atoms with van der Waals surface area (Å²) in [5.41, 5.74) is -0.445. The fourth-order valence-corrected chi connectivity index (χ4v) is 3.81. The molecular formula is C19H25N3O5. The Bertz CT molecular complexity index is 743. The summed E-state index contributed by atoms with van der Waals surface area (Å²) in [7, 11) is 1.54. The lowest BCUT2D eigenvalue weighted by Gasteiger charge is -2.46. The van der Waals surface area contributed by atoms with Crippen molar-refractivity contribution in [3.8, 4) is 11.5 Å². The standard InChI is InChI=1S/C19H25N3O5/c1-3-27-15-11-13(7-8-14(15)26-2)20-18(25)22-12-16(23)21-17(24)19(22)9-5-4-6-10-19/h7-8,11H,3-6,9-10,12H2,1-2H3,(H,20,25)(H,21,23,24). The summed E-state index contributed by atoms with van der Waals surface area (Å²) in [6.45, 7) is 2.18. The molecule has 0 radical (unpaired) electrons. The van der Waals surface area contributed by atoms with Crippen molar-refractivity contribution in [2.24, 2.45) is 0 Å². The van der Waals surface area contributed by atoms with Gasteiger partial charge in [0.15, 0.2) is 11.5 Å². The van der Waals surface area contributed by atoms with E-state index in [9.17, 15) is 14.4 Å². The zero-order chi connectivity index (χ0) is 19.4. The molecule has 1 aliphatic heterocycles. The molecule has 1 saturated heterocycles. The van der Waals surface area contributed by atoms with Crippen molar-refractivity contribution < 1.29 is 23.9 Å². The zero-order valence-corrected chi connectivity index (χ0v) is 15.7. The largest absolute Gasteiger partial charge is 0.493 e. The Labute approximate surface area is 158 Å². The number of amides is 4. The predicted octanol–water partition coefficient (Wildman–Crippen LogP) is 2.29. The average molecular weight is 375 g/mol. The van der Waals surface area contributed by atoms with Crippen LogP contribution in [0, 0.1) is 0 Å². The number of piperazine rings is 1. The van der Waals surface area contributed by atoms with E-state index < -0.39 is 17.5 Å². The summed E-state index contributed by atoms with van der Waals surface area (Å²) in [4.78, 5) is 38.8. The molecule has 2 aliphatic rings. The first-order valence-corrected chi connectivity index (χ1v) is 9.24. The molecule has 0 bridgehead atoms. The number of nitrogens with zero attached hydrogens (tertiary/aromatic N) is 1. The number of urea groups is 1. The van der Waals surface area contributed by atoms with Gasteiger partial charge in [0.25, 0.3) is 5.91 Å². The number of nitrogens with one attached hydrogen (secondary N) is 2. The highest BCUT2D eigenvalue weighted by atomic mass is 16.5. The van der Waals surface area contributed by atoms with Crippen LogP contribution in [0.5, 0.6) is 11.5 Å². The van der Waals surface area contributed by atoms with Gasteiger partial charge in [0.1, 0.15) is 12.1 Å². The number of hydrogen-bond acceptors (Lipinski definition) is 5. The normalized spacial score (nSPS) is 18.8. The molecule has 4 amide bonds. The van der Waals surface area contributed by atoms with Gasteiger partial charge in [-0.1, -0.05) is 19.3 Å². The van der Waals surface area contributed by atoms with Gasteiger partial charge in [0.05, 0.1) is 13.7 Å². The minimum atomic E-state index is -0.953. The van der Waals surface area contributed by atoms with E-state index in [-0.39, 0.29) is 12.5 Å². The lowest BCUT2D eigenvalue weighted by Crippen LogP contribution is -2.69. The molecule has 0 aromatic heterocycles. The van der Waals surface area contributed by atoms with Gasteiger partial charge in [-0.25, -0.2) is 4.79 Å². The fraction of sp³-hybridized carbons (Fsp3) is 0.526. The second kappa shape index (κ2) is 7.85. The number of imide groups is 1. The van der Waals surface area contributed by atoms with Crippen LogP contribution in [0.3, 0.4) is 0 Å². The summed E-state index contributed by atoms with van der Waals surface area (Å²) in [5.74, 6) is 0.234. The van der Waals surface area contributed by atoms with Crippen LogP contribution in [0.15, 0.2) is 18.2 Å². The van der Waals surface area contributed by atoms with Crippen LogP contribution in [0.2, 0.25) is 0 Å². The molecule has 1 aromatic carbocycles. The summed E-state index contributed by atoms with van der Waals surface area (Å²) < 4.78 is 10.8. The average Bonchev–Trinajstić information content (AvgIpc) is 2.66. The summed E-state index contributed by atoms with van der Waals surface area (Å²) in [6, 6.07) is 4.59. The highest BCUT2D eigenvalue weighted by molar-refractivity contribution is 6.08. The first-order chi connectivity index (χ1) is 13.0. The first kappa shape index (κ1) is 19.0. The second-order valence-electron chi connectivity index (χ2n) is 6.78. The van der Waals surface area contributed by atoms with E-state index in [1.807, 2.05) is 6.92 Å². The van der Waals surface area contributed by atoms with Crippen LogP contribution in [0.25, 0.3) is 0 Å². The van der Waals surface area contributed by atoms with Crippen LogP contribution in [0.4, 0.5) is 10.5 Å². The van der Waals surface area contributed by atoms with E-state index in [1.54, 1.807) is 25.3 Å². The van der Waals surface area contributed by atoms with Gasteiger partial charge < -0.3 is 19.7 Å². The molecule has 0 unspecified atom stereocenters. The lowest BCUT2D eigenvalue weighted by atomic mass is 9.78. The first-order valence-electron chi connectivity index (χ1n) is 9.24. The number of ether oxygens (including phenoxy) is 2. The highest BCUT2D eigenvalue weighted by Crippen LogP contribution is 2.36. The second-order valence-corrected chi connectivity index (χ2v) is 6.78. The minimum Gasteiger partial charge on any atom is -0.493 e. The molecule has 27 heavy (non-hydrogen) atoms.